The van der Waals surface area contributed by atoms with E-state index in [4.69, 9.17) is 11.6 Å². The molecule has 1 aromatic heterocycles. The summed E-state index contributed by atoms with van der Waals surface area (Å²) >= 11 is 7.31. The minimum absolute atomic E-state index is 0.807. The van der Waals surface area contributed by atoms with E-state index < -0.39 is 0 Å². The summed E-state index contributed by atoms with van der Waals surface area (Å²) in [5.74, 6) is 0.818. The van der Waals surface area contributed by atoms with Gasteiger partial charge in [-0.2, -0.15) is 0 Å². The molecule has 0 aliphatic heterocycles. The molecule has 0 aromatic carbocycles. The maximum absolute atomic E-state index is 5.71. The van der Waals surface area contributed by atoms with E-state index in [1.165, 1.54) is 0 Å². The first-order valence-electron chi connectivity index (χ1n) is 4.35. The molecule has 0 bridgehead atoms. The molecule has 76 valence electrons. The molecule has 2 nitrogen and oxygen atoms in total. The topological polar surface area (TPSA) is 25.8 Å². The van der Waals surface area contributed by atoms with Gasteiger partial charge in [0.05, 0.1) is 0 Å². The molecule has 1 aromatic rings. The van der Waals surface area contributed by atoms with Crippen LogP contribution >= 0.6 is 23.4 Å². The van der Waals surface area contributed by atoms with Crippen molar-refractivity contribution in [2.24, 2.45) is 0 Å². The summed E-state index contributed by atoms with van der Waals surface area (Å²) in [6, 6.07) is 1.96. The molecule has 0 unspecified atom stereocenters. The van der Waals surface area contributed by atoms with Gasteiger partial charge in [0.15, 0.2) is 5.16 Å². The molecule has 0 atom stereocenters. The Bertz CT molecular complexity index is 326. The highest BCUT2D eigenvalue weighted by atomic mass is 35.5. The van der Waals surface area contributed by atoms with Crippen LogP contribution in [0, 0.1) is 13.8 Å². The first-order valence-corrected chi connectivity index (χ1v) is 5.71. The monoisotopic (exact) mass is 228 g/mol. The van der Waals surface area contributed by atoms with E-state index in [1.54, 1.807) is 11.8 Å². The highest BCUT2D eigenvalue weighted by Gasteiger charge is 1.98. The third-order valence-electron chi connectivity index (χ3n) is 1.54. The summed E-state index contributed by atoms with van der Waals surface area (Å²) < 4.78 is 0. The molecule has 0 saturated carbocycles. The molecule has 1 heterocycles. The van der Waals surface area contributed by atoms with Gasteiger partial charge < -0.3 is 0 Å². The number of hydrogen-bond acceptors (Lipinski definition) is 3. The molecular formula is C10H13ClN2S. The van der Waals surface area contributed by atoms with Crippen molar-refractivity contribution in [2.75, 3.05) is 5.75 Å². The normalized spacial score (nSPS) is 11.9. The molecule has 0 amide bonds. The number of allylic oxidation sites excluding steroid dienone is 1. The lowest BCUT2D eigenvalue weighted by molar-refractivity contribution is 0.903. The second-order valence-corrected chi connectivity index (χ2v) is 4.62. The number of nitrogens with zero attached hydrogens (tertiary/aromatic N) is 2. The van der Waals surface area contributed by atoms with E-state index in [0.717, 1.165) is 27.3 Å². The standard InChI is InChI=1S/C10H13ClN2S/c1-7(11)4-5-14-10-12-8(2)6-9(3)13-10/h4,6H,5H2,1-3H3/b7-4-. The van der Waals surface area contributed by atoms with Gasteiger partial charge >= 0.3 is 0 Å². The Balaban J connectivity index is 2.63. The van der Waals surface area contributed by atoms with Crippen molar-refractivity contribution in [1.29, 1.82) is 0 Å². The Morgan fingerprint density at radius 2 is 2.00 bits per heavy atom. The Hall–Kier alpha value is -0.540. The number of hydrogen-bond donors (Lipinski definition) is 0. The number of aryl methyl sites for hydroxylation is 2. The molecule has 1 rings (SSSR count). The molecule has 4 heteroatoms. The SMILES string of the molecule is C/C(Cl)=C/CSc1nc(C)cc(C)n1. The zero-order chi connectivity index (χ0) is 10.6. The predicted octanol–water partition coefficient (Wildman–Crippen LogP) is 3.33. The third kappa shape index (κ3) is 4.11. The fourth-order valence-electron chi connectivity index (χ4n) is 0.989. The van der Waals surface area contributed by atoms with E-state index in [-0.39, 0.29) is 0 Å². The zero-order valence-corrected chi connectivity index (χ0v) is 10.1. The van der Waals surface area contributed by atoms with Gasteiger partial charge in [-0.15, -0.1) is 0 Å². The Kier molecular flexibility index (Phi) is 4.42. The van der Waals surface area contributed by atoms with Crippen LogP contribution in [0.5, 0.6) is 0 Å². The highest BCUT2D eigenvalue weighted by molar-refractivity contribution is 7.99. The number of halogens is 1. The summed E-state index contributed by atoms with van der Waals surface area (Å²) in [6.45, 7) is 5.81. The summed E-state index contributed by atoms with van der Waals surface area (Å²) in [6.07, 6.45) is 1.95. The van der Waals surface area contributed by atoms with Crippen LogP contribution < -0.4 is 0 Å². The number of thioether (sulfide) groups is 1. The van der Waals surface area contributed by atoms with Crippen molar-refractivity contribution in [3.63, 3.8) is 0 Å². The Morgan fingerprint density at radius 1 is 1.43 bits per heavy atom. The van der Waals surface area contributed by atoms with Gasteiger partial charge in [0.25, 0.3) is 0 Å². The minimum Gasteiger partial charge on any atom is -0.228 e. The summed E-state index contributed by atoms with van der Waals surface area (Å²) in [7, 11) is 0. The summed E-state index contributed by atoms with van der Waals surface area (Å²) in [5.41, 5.74) is 2.01. The third-order valence-corrected chi connectivity index (χ3v) is 2.47. The molecule has 0 aliphatic rings. The van der Waals surface area contributed by atoms with E-state index in [1.807, 2.05) is 32.9 Å². The number of aromatic nitrogens is 2. The van der Waals surface area contributed by atoms with Gasteiger partial charge in [0.1, 0.15) is 0 Å². The van der Waals surface area contributed by atoms with Crippen molar-refractivity contribution in [3.8, 4) is 0 Å². The van der Waals surface area contributed by atoms with Crippen LogP contribution in [0.2, 0.25) is 0 Å². The second-order valence-electron chi connectivity index (χ2n) is 3.04. The van der Waals surface area contributed by atoms with Crippen molar-refractivity contribution in [1.82, 2.24) is 9.97 Å². The maximum Gasteiger partial charge on any atom is 0.188 e. The van der Waals surface area contributed by atoms with Crippen LogP contribution in [0.15, 0.2) is 22.3 Å². The van der Waals surface area contributed by atoms with Crippen LogP contribution in [-0.2, 0) is 0 Å². The predicted molar refractivity (Wildman–Crippen MR) is 61.8 cm³/mol. The second kappa shape index (κ2) is 5.37. The maximum atomic E-state index is 5.71. The van der Waals surface area contributed by atoms with Crippen LogP contribution in [0.3, 0.4) is 0 Å². The van der Waals surface area contributed by atoms with Crippen LogP contribution in [0.4, 0.5) is 0 Å². The fourth-order valence-corrected chi connectivity index (χ4v) is 2.06. The zero-order valence-electron chi connectivity index (χ0n) is 8.54. The van der Waals surface area contributed by atoms with Crippen LogP contribution in [0.25, 0.3) is 0 Å². The van der Waals surface area contributed by atoms with Gasteiger partial charge in [-0.1, -0.05) is 29.4 Å². The van der Waals surface area contributed by atoms with Gasteiger partial charge in [0, 0.05) is 22.2 Å². The fraction of sp³-hybridized carbons (Fsp3) is 0.400. The molecule has 0 N–H and O–H groups in total. The van der Waals surface area contributed by atoms with Crippen molar-refractivity contribution >= 4 is 23.4 Å². The van der Waals surface area contributed by atoms with E-state index in [9.17, 15) is 0 Å². The van der Waals surface area contributed by atoms with Gasteiger partial charge in [-0.05, 0) is 26.8 Å². The smallest absolute Gasteiger partial charge is 0.188 e. The van der Waals surface area contributed by atoms with E-state index in [0.29, 0.717) is 0 Å². The van der Waals surface area contributed by atoms with E-state index in [2.05, 4.69) is 9.97 Å². The van der Waals surface area contributed by atoms with Gasteiger partial charge in [-0.3, -0.25) is 0 Å². The van der Waals surface area contributed by atoms with Crippen molar-refractivity contribution in [3.05, 3.63) is 28.6 Å². The summed E-state index contributed by atoms with van der Waals surface area (Å²) in [4.78, 5) is 8.62. The lowest BCUT2D eigenvalue weighted by Crippen LogP contribution is -1.92. The van der Waals surface area contributed by atoms with Crippen molar-refractivity contribution < 1.29 is 0 Å². The lowest BCUT2D eigenvalue weighted by atomic mass is 10.4. The largest absolute Gasteiger partial charge is 0.228 e. The highest BCUT2D eigenvalue weighted by Crippen LogP contribution is 2.15. The Morgan fingerprint density at radius 3 is 2.50 bits per heavy atom. The van der Waals surface area contributed by atoms with Crippen molar-refractivity contribution in [2.45, 2.75) is 25.9 Å². The molecule has 0 spiro atoms. The molecule has 0 aliphatic carbocycles. The molecule has 0 radical (unpaired) electrons. The van der Waals surface area contributed by atoms with E-state index >= 15 is 0 Å². The Labute approximate surface area is 93.8 Å². The average Bonchev–Trinajstić information content (AvgIpc) is 2.01. The minimum atomic E-state index is 0.807. The molecular weight excluding hydrogens is 216 g/mol. The van der Waals surface area contributed by atoms with Crippen LogP contribution in [0.1, 0.15) is 18.3 Å². The number of rotatable bonds is 3. The summed E-state index contributed by atoms with van der Waals surface area (Å²) in [5, 5.41) is 1.62. The quantitative estimate of drug-likeness (QED) is 0.586. The first-order chi connectivity index (χ1) is 6.58. The molecule has 0 fully saturated rings. The molecule has 14 heavy (non-hydrogen) atoms. The van der Waals surface area contributed by atoms with Crippen LogP contribution in [-0.4, -0.2) is 15.7 Å². The molecule has 0 saturated heterocycles. The average molecular weight is 229 g/mol. The van der Waals surface area contributed by atoms with Gasteiger partial charge in [-0.25, -0.2) is 9.97 Å². The first kappa shape index (κ1) is 11.5. The van der Waals surface area contributed by atoms with Gasteiger partial charge in [0.2, 0.25) is 0 Å². The lowest BCUT2D eigenvalue weighted by Gasteiger charge is -2.00.